The number of aromatic nitrogens is 1. The molecule has 4 heteroatoms. The number of rotatable bonds is 3. The zero-order valence-electron chi connectivity index (χ0n) is 9.41. The number of nitrogens with zero attached hydrogens (tertiary/aromatic N) is 1. The highest BCUT2D eigenvalue weighted by atomic mass is 19.1. The molecule has 1 aromatic heterocycles. The Labute approximate surface area is 94.7 Å². The highest BCUT2D eigenvalue weighted by Gasteiger charge is 2.23. The predicted molar refractivity (Wildman–Crippen MR) is 60.0 cm³/mol. The van der Waals surface area contributed by atoms with Gasteiger partial charge in [0.05, 0.1) is 5.69 Å². The second-order valence-electron chi connectivity index (χ2n) is 4.41. The molecule has 0 saturated heterocycles. The van der Waals surface area contributed by atoms with Gasteiger partial charge in [0.15, 0.2) is 0 Å². The number of aromatic hydroxyl groups is 1. The van der Waals surface area contributed by atoms with E-state index in [-0.39, 0.29) is 11.8 Å². The van der Waals surface area contributed by atoms with Crippen LogP contribution in [-0.2, 0) is 6.54 Å². The summed E-state index contributed by atoms with van der Waals surface area (Å²) in [5.74, 6) is 0.202. The molecule has 3 nitrogen and oxygen atoms in total. The summed E-state index contributed by atoms with van der Waals surface area (Å²) >= 11 is 0. The van der Waals surface area contributed by atoms with Gasteiger partial charge in [-0.05, 0) is 38.3 Å². The normalized spacial score (nSPS) is 24.9. The lowest BCUT2D eigenvalue weighted by molar-refractivity contribution is 0.333. The Morgan fingerprint density at radius 2 is 2.31 bits per heavy atom. The first kappa shape index (κ1) is 11.3. The first-order valence-electron chi connectivity index (χ1n) is 5.68. The molecule has 2 N–H and O–H groups in total. The Morgan fingerprint density at radius 1 is 1.50 bits per heavy atom. The number of alkyl halides is 1. The van der Waals surface area contributed by atoms with Crippen molar-refractivity contribution in [3.05, 3.63) is 23.5 Å². The highest BCUT2D eigenvalue weighted by molar-refractivity contribution is 5.27. The highest BCUT2D eigenvalue weighted by Crippen LogP contribution is 2.22. The van der Waals surface area contributed by atoms with E-state index in [1.165, 1.54) is 0 Å². The minimum absolute atomic E-state index is 0.202. The molecular weight excluding hydrogens is 207 g/mol. The number of hydrogen-bond acceptors (Lipinski definition) is 3. The lowest BCUT2D eigenvalue weighted by Gasteiger charge is -2.12. The second-order valence-corrected chi connectivity index (χ2v) is 4.41. The van der Waals surface area contributed by atoms with Crippen LogP contribution in [0.2, 0.25) is 0 Å². The average molecular weight is 224 g/mol. The van der Waals surface area contributed by atoms with E-state index in [9.17, 15) is 9.50 Å². The Balaban J connectivity index is 1.91. The Kier molecular flexibility index (Phi) is 3.39. The molecule has 1 heterocycles. The summed E-state index contributed by atoms with van der Waals surface area (Å²) in [6, 6.07) is 3.63. The van der Waals surface area contributed by atoms with E-state index in [1.54, 1.807) is 12.1 Å². The van der Waals surface area contributed by atoms with Crippen LogP contribution in [0.15, 0.2) is 12.1 Å². The third kappa shape index (κ3) is 2.70. The smallest absolute Gasteiger partial charge is 0.138 e. The molecule has 1 saturated carbocycles. The summed E-state index contributed by atoms with van der Waals surface area (Å²) in [5.41, 5.74) is 1.52. The van der Waals surface area contributed by atoms with Crippen LogP contribution in [-0.4, -0.2) is 22.3 Å². The zero-order chi connectivity index (χ0) is 11.5. The molecule has 0 aromatic carbocycles. The molecule has 0 bridgehead atoms. The summed E-state index contributed by atoms with van der Waals surface area (Å²) in [6.45, 7) is 2.39. The third-order valence-corrected chi connectivity index (χ3v) is 3.02. The molecule has 1 aromatic rings. The molecule has 1 fully saturated rings. The van der Waals surface area contributed by atoms with Gasteiger partial charge >= 0.3 is 0 Å². The van der Waals surface area contributed by atoms with Crippen LogP contribution in [0.1, 0.15) is 30.7 Å². The SMILES string of the molecule is Cc1ccc(O)c(CNC2CCC(F)C2)n1. The second kappa shape index (κ2) is 4.78. The topological polar surface area (TPSA) is 45.1 Å². The number of halogens is 1. The van der Waals surface area contributed by atoms with E-state index in [4.69, 9.17) is 0 Å². The van der Waals surface area contributed by atoms with Crippen LogP contribution < -0.4 is 5.32 Å². The lowest BCUT2D eigenvalue weighted by Crippen LogP contribution is -2.26. The zero-order valence-corrected chi connectivity index (χ0v) is 9.41. The van der Waals surface area contributed by atoms with Gasteiger partial charge in [-0.2, -0.15) is 0 Å². The van der Waals surface area contributed by atoms with Gasteiger partial charge in [0, 0.05) is 18.3 Å². The van der Waals surface area contributed by atoms with Crippen molar-refractivity contribution >= 4 is 0 Å². The Hall–Kier alpha value is -1.16. The summed E-state index contributed by atoms with van der Waals surface area (Å²) in [6.07, 6.45) is 1.42. The molecule has 0 aliphatic heterocycles. The van der Waals surface area contributed by atoms with Crippen molar-refractivity contribution < 1.29 is 9.50 Å². The van der Waals surface area contributed by atoms with E-state index in [0.717, 1.165) is 12.1 Å². The fourth-order valence-electron chi connectivity index (χ4n) is 2.09. The maximum atomic E-state index is 12.9. The average Bonchev–Trinajstić information content (AvgIpc) is 2.66. The van der Waals surface area contributed by atoms with Crippen molar-refractivity contribution in [3.63, 3.8) is 0 Å². The third-order valence-electron chi connectivity index (χ3n) is 3.02. The molecular formula is C12H17FN2O. The van der Waals surface area contributed by atoms with Crippen molar-refractivity contribution in [2.75, 3.05) is 0 Å². The van der Waals surface area contributed by atoms with Crippen LogP contribution in [0.25, 0.3) is 0 Å². The first-order valence-corrected chi connectivity index (χ1v) is 5.68. The molecule has 0 amide bonds. The van der Waals surface area contributed by atoms with E-state index >= 15 is 0 Å². The van der Waals surface area contributed by atoms with Crippen molar-refractivity contribution in [1.29, 1.82) is 0 Å². The molecule has 0 radical (unpaired) electrons. The number of pyridine rings is 1. The van der Waals surface area contributed by atoms with Crippen LogP contribution in [0, 0.1) is 6.92 Å². The van der Waals surface area contributed by atoms with Crippen molar-refractivity contribution in [2.45, 2.75) is 44.9 Å². The number of hydrogen-bond donors (Lipinski definition) is 2. The van der Waals surface area contributed by atoms with Gasteiger partial charge < -0.3 is 10.4 Å². The summed E-state index contributed by atoms with van der Waals surface area (Å²) in [7, 11) is 0. The molecule has 1 aliphatic carbocycles. The van der Waals surface area contributed by atoms with Crippen molar-refractivity contribution in [3.8, 4) is 5.75 Å². The van der Waals surface area contributed by atoms with Crippen LogP contribution in [0.5, 0.6) is 5.75 Å². The van der Waals surface area contributed by atoms with Gasteiger partial charge in [-0.25, -0.2) is 4.39 Å². The minimum Gasteiger partial charge on any atom is -0.506 e. The minimum atomic E-state index is -0.670. The molecule has 2 unspecified atom stereocenters. The van der Waals surface area contributed by atoms with Gasteiger partial charge in [0.1, 0.15) is 11.9 Å². The lowest BCUT2D eigenvalue weighted by atomic mass is 10.2. The fraction of sp³-hybridized carbons (Fsp3) is 0.583. The number of aryl methyl sites for hydroxylation is 1. The molecule has 2 rings (SSSR count). The summed E-state index contributed by atoms with van der Waals surface area (Å²) < 4.78 is 12.9. The van der Waals surface area contributed by atoms with Gasteiger partial charge in [-0.15, -0.1) is 0 Å². The fourth-order valence-corrected chi connectivity index (χ4v) is 2.09. The monoisotopic (exact) mass is 224 g/mol. The van der Waals surface area contributed by atoms with Gasteiger partial charge in [-0.1, -0.05) is 0 Å². The van der Waals surface area contributed by atoms with Gasteiger partial charge in [0.2, 0.25) is 0 Å². The van der Waals surface area contributed by atoms with Crippen LogP contribution in [0.4, 0.5) is 4.39 Å². The number of nitrogens with one attached hydrogen (secondary N) is 1. The largest absolute Gasteiger partial charge is 0.506 e. The van der Waals surface area contributed by atoms with Crippen LogP contribution >= 0.6 is 0 Å². The van der Waals surface area contributed by atoms with E-state index in [0.29, 0.717) is 25.1 Å². The first-order chi connectivity index (χ1) is 7.65. The van der Waals surface area contributed by atoms with E-state index in [1.807, 2.05) is 6.92 Å². The predicted octanol–water partition coefficient (Wildman–Crippen LogP) is 2.08. The standard InChI is InChI=1S/C12H17FN2O/c1-8-2-5-12(16)11(15-8)7-14-10-4-3-9(13)6-10/h2,5,9-10,14,16H,3-4,6-7H2,1H3. The van der Waals surface area contributed by atoms with Gasteiger partial charge in [0.25, 0.3) is 0 Å². The molecule has 2 atom stereocenters. The Morgan fingerprint density at radius 3 is 3.00 bits per heavy atom. The molecule has 0 spiro atoms. The quantitative estimate of drug-likeness (QED) is 0.826. The van der Waals surface area contributed by atoms with Gasteiger partial charge in [-0.3, -0.25) is 4.98 Å². The van der Waals surface area contributed by atoms with Crippen molar-refractivity contribution in [2.24, 2.45) is 0 Å². The maximum Gasteiger partial charge on any atom is 0.138 e. The van der Waals surface area contributed by atoms with E-state index in [2.05, 4.69) is 10.3 Å². The van der Waals surface area contributed by atoms with E-state index < -0.39 is 6.17 Å². The summed E-state index contributed by atoms with van der Waals surface area (Å²) in [5, 5.41) is 12.8. The maximum absolute atomic E-state index is 12.9. The summed E-state index contributed by atoms with van der Waals surface area (Å²) in [4.78, 5) is 4.25. The van der Waals surface area contributed by atoms with Crippen molar-refractivity contribution in [1.82, 2.24) is 10.3 Å². The molecule has 16 heavy (non-hydrogen) atoms. The molecule has 1 aliphatic rings. The Bertz CT molecular complexity index is 370. The van der Waals surface area contributed by atoms with Crippen LogP contribution in [0.3, 0.4) is 0 Å². The molecule has 88 valence electrons.